The van der Waals surface area contributed by atoms with Crippen molar-refractivity contribution in [2.24, 2.45) is 0 Å². The van der Waals surface area contributed by atoms with Crippen LogP contribution >= 0.6 is 0 Å². The maximum atomic E-state index is 12.2. The van der Waals surface area contributed by atoms with Crippen molar-refractivity contribution in [3.63, 3.8) is 0 Å². The molecule has 4 heteroatoms. The normalized spacial score (nSPS) is 12.6. The van der Waals surface area contributed by atoms with Crippen LogP contribution in [0.25, 0.3) is 6.08 Å². The van der Waals surface area contributed by atoms with Gasteiger partial charge in [-0.3, -0.25) is 4.79 Å². The van der Waals surface area contributed by atoms with Gasteiger partial charge in [0.05, 0.1) is 0 Å². The molecule has 0 spiro atoms. The Morgan fingerprint density at radius 2 is 1.77 bits per heavy atom. The maximum absolute atomic E-state index is 12.2. The molecule has 0 atom stereocenters. The summed E-state index contributed by atoms with van der Waals surface area (Å²) in [5, 5.41) is 0. The number of ether oxygens (including phenoxy) is 2. The lowest BCUT2D eigenvalue weighted by Crippen LogP contribution is -2.07. The standard InChI is InChI=1S/C18H17NO3/c1-19(2)15-7-3-13(4-8-15)5-9-16(20)14-6-10-17-18(11-14)22-12-21-17/h3-11H,12H2,1-2H3/b9-5+. The molecular formula is C18H17NO3. The van der Waals surface area contributed by atoms with Gasteiger partial charge in [0.1, 0.15) is 0 Å². The first kappa shape index (κ1) is 14.2. The Morgan fingerprint density at radius 1 is 1.05 bits per heavy atom. The number of ketones is 1. The molecule has 0 fully saturated rings. The average molecular weight is 295 g/mol. The van der Waals surface area contributed by atoms with Gasteiger partial charge in [-0.2, -0.15) is 0 Å². The molecule has 112 valence electrons. The van der Waals surface area contributed by atoms with E-state index < -0.39 is 0 Å². The highest BCUT2D eigenvalue weighted by Crippen LogP contribution is 2.32. The summed E-state index contributed by atoms with van der Waals surface area (Å²) in [5.74, 6) is 1.24. The van der Waals surface area contributed by atoms with Crippen LogP contribution in [0, 0.1) is 0 Å². The summed E-state index contributed by atoms with van der Waals surface area (Å²) in [4.78, 5) is 14.2. The molecule has 2 aromatic carbocycles. The fourth-order valence-corrected chi connectivity index (χ4v) is 2.20. The molecule has 1 aliphatic rings. The number of nitrogens with zero attached hydrogens (tertiary/aromatic N) is 1. The van der Waals surface area contributed by atoms with Gasteiger partial charge in [-0.25, -0.2) is 0 Å². The average Bonchev–Trinajstić information content (AvgIpc) is 3.00. The van der Waals surface area contributed by atoms with E-state index in [1.807, 2.05) is 49.3 Å². The highest BCUT2D eigenvalue weighted by molar-refractivity contribution is 6.07. The summed E-state index contributed by atoms with van der Waals surface area (Å²) < 4.78 is 10.5. The maximum Gasteiger partial charge on any atom is 0.231 e. The molecule has 0 saturated carbocycles. The van der Waals surface area contributed by atoms with E-state index in [0.29, 0.717) is 17.1 Å². The SMILES string of the molecule is CN(C)c1ccc(/C=C/C(=O)c2ccc3c(c2)OCO3)cc1. The van der Waals surface area contributed by atoms with Gasteiger partial charge in [0, 0.05) is 25.3 Å². The summed E-state index contributed by atoms with van der Waals surface area (Å²) in [6, 6.07) is 13.2. The van der Waals surface area contributed by atoms with E-state index >= 15 is 0 Å². The largest absolute Gasteiger partial charge is 0.454 e. The van der Waals surface area contributed by atoms with Crippen LogP contribution in [0.1, 0.15) is 15.9 Å². The Balaban J connectivity index is 1.73. The molecule has 0 bridgehead atoms. The third kappa shape index (κ3) is 2.96. The van der Waals surface area contributed by atoms with Gasteiger partial charge in [-0.15, -0.1) is 0 Å². The van der Waals surface area contributed by atoms with Crippen molar-refractivity contribution in [2.75, 3.05) is 25.8 Å². The monoisotopic (exact) mass is 295 g/mol. The molecule has 22 heavy (non-hydrogen) atoms. The summed E-state index contributed by atoms with van der Waals surface area (Å²) in [5.41, 5.74) is 2.70. The molecule has 0 radical (unpaired) electrons. The first-order valence-corrected chi connectivity index (χ1v) is 7.03. The van der Waals surface area contributed by atoms with Crippen LogP contribution in [0.2, 0.25) is 0 Å². The Morgan fingerprint density at radius 3 is 2.50 bits per heavy atom. The summed E-state index contributed by atoms with van der Waals surface area (Å²) in [7, 11) is 3.99. The second-order valence-electron chi connectivity index (χ2n) is 5.25. The molecule has 0 N–H and O–H groups in total. The Kier molecular flexibility index (Phi) is 3.83. The van der Waals surface area contributed by atoms with Crippen molar-refractivity contribution in [2.45, 2.75) is 0 Å². The van der Waals surface area contributed by atoms with Crippen LogP contribution in [0.15, 0.2) is 48.5 Å². The van der Waals surface area contributed by atoms with Crippen molar-refractivity contribution in [3.05, 3.63) is 59.7 Å². The Hall–Kier alpha value is -2.75. The second-order valence-corrected chi connectivity index (χ2v) is 5.25. The molecular weight excluding hydrogens is 278 g/mol. The van der Waals surface area contributed by atoms with Gasteiger partial charge in [0.15, 0.2) is 17.3 Å². The molecule has 1 aliphatic heterocycles. The second kappa shape index (κ2) is 5.93. The molecule has 0 aromatic heterocycles. The van der Waals surface area contributed by atoms with Gasteiger partial charge in [0.2, 0.25) is 6.79 Å². The van der Waals surface area contributed by atoms with E-state index in [0.717, 1.165) is 11.3 Å². The number of carbonyl (C=O) groups is 1. The number of anilines is 1. The third-order valence-electron chi connectivity index (χ3n) is 3.49. The van der Waals surface area contributed by atoms with E-state index in [-0.39, 0.29) is 12.6 Å². The summed E-state index contributed by atoms with van der Waals surface area (Å²) in [6.45, 7) is 0.209. The number of hydrogen-bond donors (Lipinski definition) is 0. The van der Waals surface area contributed by atoms with Crippen molar-refractivity contribution in [3.8, 4) is 11.5 Å². The number of allylic oxidation sites excluding steroid dienone is 1. The predicted molar refractivity (Wildman–Crippen MR) is 86.7 cm³/mol. The topological polar surface area (TPSA) is 38.8 Å². The number of hydrogen-bond acceptors (Lipinski definition) is 4. The quantitative estimate of drug-likeness (QED) is 0.640. The molecule has 0 aliphatic carbocycles. The molecule has 0 saturated heterocycles. The smallest absolute Gasteiger partial charge is 0.231 e. The van der Waals surface area contributed by atoms with E-state index in [1.54, 1.807) is 24.3 Å². The lowest BCUT2D eigenvalue weighted by atomic mass is 10.1. The molecule has 3 rings (SSSR count). The molecule has 0 unspecified atom stereocenters. The van der Waals surface area contributed by atoms with Crippen LogP contribution < -0.4 is 14.4 Å². The zero-order valence-electron chi connectivity index (χ0n) is 12.6. The van der Waals surface area contributed by atoms with E-state index in [1.165, 1.54) is 0 Å². The molecule has 1 heterocycles. The first-order valence-electron chi connectivity index (χ1n) is 7.03. The summed E-state index contributed by atoms with van der Waals surface area (Å²) >= 11 is 0. The molecule has 0 amide bonds. The third-order valence-corrected chi connectivity index (χ3v) is 3.49. The van der Waals surface area contributed by atoms with Gasteiger partial charge in [0.25, 0.3) is 0 Å². The van der Waals surface area contributed by atoms with Gasteiger partial charge in [-0.05, 0) is 42.0 Å². The first-order chi connectivity index (χ1) is 10.6. The highest BCUT2D eigenvalue weighted by Gasteiger charge is 2.14. The van der Waals surface area contributed by atoms with Gasteiger partial charge in [-0.1, -0.05) is 18.2 Å². The molecule has 2 aromatic rings. The minimum absolute atomic E-state index is 0.0602. The van der Waals surface area contributed by atoms with Crippen LogP contribution in [0.5, 0.6) is 11.5 Å². The fourth-order valence-electron chi connectivity index (χ4n) is 2.20. The minimum atomic E-state index is -0.0602. The van der Waals surface area contributed by atoms with Crippen molar-refractivity contribution >= 4 is 17.5 Å². The van der Waals surface area contributed by atoms with Crippen LogP contribution in [0.4, 0.5) is 5.69 Å². The predicted octanol–water partition coefficient (Wildman–Crippen LogP) is 3.38. The van der Waals surface area contributed by atoms with Crippen LogP contribution in [0.3, 0.4) is 0 Å². The number of rotatable bonds is 4. The van der Waals surface area contributed by atoms with Gasteiger partial charge >= 0.3 is 0 Å². The van der Waals surface area contributed by atoms with Crippen molar-refractivity contribution < 1.29 is 14.3 Å². The molecule has 4 nitrogen and oxygen atoms in total. The minimum Gasteiger partial charge on any atom is -0.454 e. The Labute approximate surface area is 129 Å². The van der Waals surface area contributed by atoms with Crippen LogP contribution in [-0.4, -0.2) is 26.7 Å². The van der Waals surface area contributed by atoms with E-state index in [9.17, 15) is 4.79 Å². The van der Waals surface area contributed by atoms with Gasteiger partial charge < -0.3 is 14.4 Å². The van der Waals surface area contributed by atoms with E-state index in [4.69, 9.17) is 9.47 Å². The lowest BCUT2D eigenvalue weighted by Gasteiger charge is -2.11. The van der Waals surface area contributed by atoms with Crippen molar-refractivity contribution in [1.29, 1.82) is 0 Å². The van der Waals surface area contributed by atoms with E-state index in [2.05, 4.69) is 0 Å². The number of benzene rings is 2. The lowest BCUT2D eigenvalue weighted by molar-refractivity contribution is 0.104. The number of carbonyl (C=O) groups excluding carboxylic acids is 1. The number of fused-ring (bicyclic) bond motifs is 1. The van der Waals surface area contributed by atoms with Crippen LogP contribution in [-0.2, 0) is 0 Å². The zero-order chi connectivity index (χ0) is 15.5. The highest BCUT2D eigenvalue weighted by atomic mass is 16.7. The Bertz CT molecular complexity index is 718. The van der Waals surface area contributed by atoms with Crippen molar-refractivity contribution in [1.82, 2.24) is 0 Å². The fraction of sp³-hybridized carbons (Fsp3) is 0.167. The zero-order valence-corrected chi connectivity index (χ0v) is 12.6. The summed E-state index contributed by atoms with van der Waals surface area (Å²) in [6.07, 6.45) is 3.38.